The number of nitrogens with zero attached hydrogens (tertiary/aromatic N) is 2. The van der Waals surface area contributed by atoms with Crippen LogP contribution in [0.15, 0.2) is 82.4 Å². The van der Waals surface area contributed by atoms with Gasteiger partial charge >= 0.3 is 5.63 Å². The third kappa shape index (κ3) is 3.13. The van der Waals surface area contributed by atoms with E-state index < -0.39 is 5.63 Å². The molecule has 0 unspecified atom stereocenters. The van der Waals surface area contributed by atoms with Crippen molar-refractivity contribution in [1.29, 1.82) is 0 Å². The zero-order valence-corrected chi connectivity index (χ0v) is 14.4. The molecule has 134 valence electrons. The maximum atomic E-state index is 13.4. The van der Waals surface area contributed by atoms with Crippen LogP contribution in [0.4, 0.5) is 4.39 Å². The zero-order chi connectivity index (χ0) is 18.8. The summed E-state index contributed by atoms with van der Waals surface area (Å²) in [7, 11) is 1.57. The third-order valence-electron chi connectivity index (χ3n) is 4.19. The summed E-state index contributed by atoms with van der Waals surface area (Å²) in [6.45, 7) is 0. The van der Waals surface area contributed by atoms with Gasteiger partial charge in [0.2, 0.25) is 0 Å². The van der Waals surface area contributed by atoms with Crippen molar-refractivity contribution in [2.24, 2.45) is 0 Å². The standard InChI is InChI=1S/C21H15FN2O3/c1-26-18-4-2-3-17(13-18)24-20(15-9-11-23-12-10-15)19(21(25)27-24)14-5-7-16(22)8-6-14/h2-13H,1H3. The average Bonchev–Trinajstić information content (AvgIpc) is 3.06. The lowest BCUT2D eigenvalue weighted by Gasteiger charge is -2.09. The largest absolute Gasteiger partial charge is 0.497 e. The van der Waals surface area contributed by atoms with E-state index in [0.29, 0.717) is 28.3 Å². The maximum Gasteiger partial charge on any atom is 0.366 e. The number of benzene rings is 2. The van der Waals surface area contributed by atoms with Crippen LogP contribution in [-0.2, 0) is 0 Å². The van der Waals surface area contributed by atoms with Crippen molar-refractivity contribution in [2.75, 3.05) is 7.11 Å². The van der Waals surface area contributed by atoms with Crippen LogP contribution in [0.3, 0.4) is 0 Å². The number of rotatable bonds is 4. The molecule has 2 heterocycles. The van der Waals surface area contributed by atoms with Crippen molar-refractivity contribution in [3.63, 3.8) is 0 Å². The number of pyridine rings is 1. The second-order valence-corrected chi connectivity index (χ2v) is 5.84. The molecule has 0 aliphatic heterocycles. The molecule has 0 bridgehead atoms. The molecule has 0 amide bonds. The van der Waals surface area contributed by atoms with E-state index in [1.54, 1.807) is 55.9 Å². The molecular weight excluding hydrogens is 347 g/mol. The van der Waals surface area contributed by atoms with Crippen molar-refractivity contribution in [1.82, 2.24) is 9.72 Å². The van der Waals surface area contributed by atoms with Crippen LogP contribution in [0.1, 0.15) is 0 Å². The first-order valence-corrected chi connectivity index (χ1v) is 8.24. The van der Waals surface area contributed by atoms with Crippen LogP contribution in [0.25, 0.3) is 28.1 Å². The van der Waals surface area contributed by atoms with Crippen molar-refractivity contribution in [2.45, 2.75) is 0 Å². The molecule has 5 nitrogen and oxygen atoms in total. The van der Waals surface area contributed by atoms with E-state index in [2.05, 4.69) is 4.98 Å². The quantitative estimate of drug-likeness (QED) is 0.543. The van der Waals surface area contributed by atoms with Crippen LogP contribution in [0, 0.1) is 5.82 Å². The molecule has 0 saturated heterocycles. The molecule has 0 fully saturated rings. The molecule has 0 atom stereocenters. The molecule has 4 rings (SSSR count). The Morgan fingerprint density at radius 1 is 1.00 bits per heavy atom. The van der Waals surface area contributed by atoms with E-state index in [-0.39, 0.29) is 5.82 Å². The van der Waals surface area contributed by atoms with Gasteiger partial charge in [-0.1, -0.05) is 18.2 Å². The summed E-state index contributed by atoms with van der Waals surface area (Å²) in [6.07, 6.45) is 3.27. The van der Waals surface area contributed by atoms with E-state index in [0.717, 1.165) is 5.56 Å². The Bertz CT molecular complexity index is 1130. The molecule has 0 aliphatic rings. The second-order valence-electron chi connectivity index (χ2n) is 5.84. The summed E-state index contributed by atoms with van der Waals surface area (Å²) in [5, 5.41) is 0. The summed E-state index contributed by atoms with van der Waals surface area (Å²) >= 11 is 0. The van der Waals surface area contributed by atoms with Gasteiger partial charge in [0.05, 0.1) is 18.4 Å². The molecule has 0 radical (unpaired) electrons. The molecule has 2 aromatic heterocycles. The molecule has 2 aromatic carbocycles. The average molecular weight is 362 g/mol. The number of aromatic nitrogens is 2. The number of halogens is 1. The van der Waals surface area contributed by atoms with Gasteiger partial charge in [-0.3, -0.25) is 4.98 Å². The highest BCUT2D eigenvalue weighted by Crippen LogP contribution is 2.33. The van der Waals surface area contributed by atoms with E-state index in [4.69, 9.17) is 9.26 Å². The lowest BCUT2D eigenvalue weighted by atomic mass is 10.0. The minimum atomic E-state index is -0.517. The number of hydrogen-bond donors (Lipinski definition) is 0. The predicted octanol–water partition coefficient (Wildman–Crippen LogP) is 4.31. The smallest absolute Gasteiger partial charge is 0.366 e. The van der Waals surface area contributed by atoms with Crippen molar-refractivity contribution in [3.05, 3.63) is 89.3 Å². The first kappa shape index (κ1) is 16.8. The summed E-state index contributed by atoms with van der Waals surface area (Å²) in [4.78, 5) is 16.8. The van der Waals surface area contributed by atoms with E-state index in [1.165, 1.54) is 16.9 Å². The summed E-state index contributed by atoms with van der Waals surface area (Å²) in [5.41, 5.74) is 2.34. The number of methoxy groups -OCH3 is 1. The Morgan fingerprint density at radius 3 is 2.44 bits per heavy atom. The van der Waals surface area contributed by atoms with Gasteiger partial charge in [-0.2, -0.15) is 4.74 Å². The minimum Gasteiger partial charge on any atom is -0.497 e. The SMILES string of the molecule is COc1cccc(-n2oc(=O)c(-c3ccc(F)cc3)c2-c2ccncc2)c1. The maximum absolute atomic E-state index is 13.4. The molecule has 27 heavy (non-hydrogen) atoms. The van der Waals surface area contributed by atoms with Crippen LogP contribution >= 0.6 is 0 Å². The Balaban J connectivity index is 2.01. The fourth-order valence-corrected chi connectivity index (χ4v) is 2.93. The number of hydrogen-bond acceptors (Lipinski definition) is 4. The van der Waals surface area contributed by atoms with Crippen LogP contribution in [0.5, 0.6) is 5.75 Å². The lowest BCUT2D eigenvalue weighted by molar-refractivity contribution is 0.326. The zero-order valence-electron chi connectivity index (χ0n) is 14.4. The van der Waals surface area contributed by atoms with Crippen LogP contribution in [0.2, 0.25) is 0 Å². The highest BCUT2D eigenvalue weighted by Gasteiger charge is 2.22. The van der Waals surface area contributed by atoms with Crippen LogP contribution in [-0.4, -0.2) is 16.8 Å². The first-order chi connectivity index (χ1) is 13.2. The molecule has 0 aliphatic carbocycles. The van der Waals surface area contributed by atoms with Gasteiger partial charge in [0, 0.05) is 24.0 Å². The Morgan fingerprint density at radius 2 is 1.74 bits per heavy atom. The van der Waals surface area contributed by atoms with Crippen molar-refractivity contribution in [3.8, 4) is 33.8 Å². The summed E-state index contributed by atoms with van der Waals surface area (Å²) in [6, 6.07) is 16.5. The van der Waals surface area contributed by atoms with Crippen molar-refractivity contribution >= 4 is 0 Å². The Hall–Kier alpha value is -3.67. The first-order valence-electron chi connectivity index (χ1n) is 8.24. The minimum absolute atomic E-state index is 0.351. The van der Waals surface area contributed by atoms with Gasteiger partial charge in [0.1, 0.15) is 17.3 Å². The molecule has 4 aromatic rings. The second kappa shape index (κ2) is 6.92. The topological polar surface area (TPSA) is 57.3 Å². The number of ether oxygens (including phenoxy) is 1. The van der Waals surface area contributed by atoms with E-state index in [9.17, 15) is 9.18 Å². The van der Waals surface area contributed by atoms with Gasteiger partial charge in [-0.05, 0) is 42.0 Å². The molecule has 0 spiro atoms. The Labute approximate surface area is 154 Å². The highest BCUT2D eigenvalue weighted by atomic mass is 19.1. The monoisotopic (exact) mass is 362 g/mol. The van der Waals surface area contributed by atoms with Gasteiger partial charge < -0.3 is 9.26 Å². The van der Waals surface area contributed by atoms with Crippen molar-refractivity contribution < 1.29 is 13.7 Å². The fourth-order valence-electron chi connectivity index (χ4n) is 2.93. The molecule has 0 saturated carbocycles. The molecular formula is C21H15FN2O3. The summed E-state index contributed by atoms with van der Waals surface area (Å²) < 4.78 is 25.6. The van der Waals surface area contributed by atoms with E-state index >= 15 is 0 Å². The van der Waals surface area contributed by atoms with Gasteiger partial charge in [-0.15, -0.1) is 0 Å². The van der Waals surface area contributed by atoms with Gasteiger partial charge in [0.15, 0.2) is 0 Å². The van der Waals surface area contributed by atoms with Crippen LogP contribution < -0.4 is 10.4 Å². The molecule has 6 heteroatoms. The normalized spacial score (nSPS) is 10.7. The molecule has 0 N–H and O–H groups in total. The predicted molar refractivity (Wildman–Crippen MR) is 99.5 cm³/mol. The lowest BCUT2D eigenvalue weighted by Crippen LogP contribution is -1.97. The fraction of sp³-hybridized carbons (Fsp3) is 0.0476. The van der Waals surface area contributed by atoms with E-state index in [1.807, 2.05) is 12.1 Å². The van der Waals surface area contributed by atoms with Gasteiger partial charge in [-0.25, -0.2) is 9.18 Å². The van der Waals surface area contributed by atoms with Gasteiger partial charge in [0.25, 0.3) is 0 Å². The summed E-state index contributed by atoms with van der Waals surface area (Å²) in [5.74, 6) is 0.258. The Kier molecular flexibility index (Phi) is 4.30. The third-order valence-corrected chi connectivity index (χ3v) is 4.19. The highest BCUT2D eigenvalue weighted by molar-refractivity contribution is 5.81.